The van der Waals surface area contributed by atoms with Gasteiger partial charge in [0.15, 0.2) is 0 Å². The summed E-state index contributed by atoms with van der Waals surface area (Å²) in [5.74, 6) is -0.318. The van der Waals surface area contributed by atoms with E-state index >= 15 is 0 Å². The topological polar surface area (TPSA) is 30.7 Å². The number of hydrogen-bond donors (Lipinski definition) is 1. The third-order valence-corrected chi connectivity index (χ3v) is 3.90. The van der Waals surface area contributed by atoms with Crippen molar-refractivity contribution in [2.45, 2.75) is 71.1 Å². The van der Waals surface area contributed by atoms with Gasteiger partial charge >= 0.3 is 5.97 Å². The minimum atomic E-state index is -0.318. The van der Waals surface area contributed by atoms with Crippen LogP contribution in [0.5, 0.6) is 0 Å². The first-order valence-corrected chi connectivity index (χ1v) is 8.81. The Morgan fingerprint density at radius 1 is 0.955 bits per heavy atom. The summed E-state index contributed by atoms with van der Waals surface area (Å²) in [5.41, 5.74) is 0. The second-order valence-electron chi connectivity index (χ2n) is 6.01. The lowest BCUT2D eigenvalue weighted by atomic mass is 10.1. The van der Waals surface area contributed by atoms with Crippen molar-refractivity contribution >= 4 is 5.97 Å². The molecule has 0 aliphatic heterocycles. The quantitative estimate of drug-likeness (QED) is 0.250. The number of halogens is 1. The van der Waals surface area contributed by atoms with Crippen LogP contribution in [0.15, 0.2) is 12.7 Å². The van der Waals surface area contributed by atoms with E-state index in [0.29, 0.717) is 6.61 Å². The van der Waals surface area contributed by atoms with Gasteiger partial charge in [-0.05, 0) is 12.8 Å². The van der Waals surface area contributed by atoms with Crippen LogP contribution < -0.4 is 21.9 Å². The van der Waals surface area contributed by atoms with E-state index < -0.39 is 0 Å². The molecule has 0 aliphatic carbocycles. The molecule has 1 atom stereocenters. The summed E-state index contributed by atoms with van der Waals surface area (Å²) >= 11 is 0. The number of quaternary nitrogens is 1. The Hall–Kier alpha value is -0.350. The predicted octanol–water partition coefficient (Wildman–Crippen LogP) is 0.155. The number of hydrogen-bond acceptors (Lipinski definition) is 2. The molecule has 0 heterocycles. The van der Waals surface area contributed by atoms with Crippen molar-refractivity contribution in [2.75, 3.05) is 26.7 Å². The van der Waals surface area contributed by atoms with Gasteiger partial charge in [-0.1, -0.05) is 64.9 Å². The molecule has 0 aromatic heterocycles. The first-order chi connectivity index (χ1) is 10.2. The number of carbonyl (C=O) groups excluding carboxylic acids is 1. The second kappa shape index (κ2) is 18.7. The molecule has 0 amide bonds. The Bertz CT molecular complexity index is 259. The lowest BCUT2D eigenvalue weighted by Gasteiger charge is -2.13. The predicted molar refractivity (Wildman–Crippen MR) is 89.6 cm³/mol. The second-order valence-corrected chi connectivity index (χ2v) is 6.01. The molecule has 0 saturated heterocycles. The van der Waals surface area contributed by atoms with Crippen LogP contribution in [0.3, 0.4) is 0 Å². The summed E-state index contributed by atoms with van der Waals surface area (Å²) in [6.45, 7) is 8.20. The third-order valence-electron chi connectivity index (χ3n) is 3.90. The van der Waals surface area contributed by atoms with Gasteiger partial charge in [0.25, 0.3) is 0 Å². The van der Waals surface area contributed by atoms with Crippen molar-refractivity contribution in [3.05, 3.63) is 12.7 Å². The van der Waals surface area contributed by atoms with E-state index in [4.69, 9.17) is 4.74 Å². The average Bonchev–Trinajstić information content (AvgIpc) is 2.49. The Morgan fingerprint density at radius 2 is 1.45 bits per heavy atom. The molecule has 4 heteroatoms. The molecule has 0 saturated carbocycles. The lowest BCUT2D eigenvalue weighted by Crippen LogP contribution is -3.09. The zero-order valence-electron chi connectivity index (χ0n) is 14.7. The molecule has 0 fully saturated rings. The van der Waals surface area contributed by atoms with Crippen molar-refractivity contribution < 1.29 is 31.4 Å². The molecule has 0 rings (SSSR count). The normalized spacial score (nSPS) is 11.5. The maximum absolute atomic E-state index is 10.9. The summed E-state index contributed by atoms with van der Waals surface area (Å²) in [4.78, 5) is 12.3. The molecule has 0 bridgehead atoms. The van der Waals surface area contributed by atoms with Gasteiger partial charge in [-0.15, -0.1) is 0 Å². The fourth-order valence-electron chi connectivity index (χ4n) is 2.42. The lowest BCUT2D eigenvalue weighted by molar-refractivity contribution is -0.880. The van der Waals surface area contributed by atoms with E-state index in [1.54, 1.807) is 0 Å². The Balaban J connectivity index is 0. The van der Waals surface area contributed by atoms with Crippen molar-refractivity contribution in [3.63, 3.8) is 0 Å². The van der Waals surface area contributed by atoms with E-state index in [2.05, 4.69) is 20.6 Å². The zero-order chi connectivity index (χ0) is 15.8. The Labute approximate surface area is 148 Å². The highest BCUT2D eigenvalue weighted by Crippen LogP contribution is 2.09. The van der Waals surface area contributed by atoms with Crippen LogP contribution in [0, 0.1) is 0 Å². The summed E-state index contributed by atoms with van der Waals surface area (Å²) in [6, 6.07) is 0. The molecule has 22 heavy (non-hydrogen) atoms. The Kier molecular flexibility index (Phi) is 20.3. The molecule has 3 nitrogen and oxygen atoms in total. The SMILES string of the molecule is C=CC(=O)OCC[NH+](C)CCCCCCCCCCCC.[Br-]. The molecule has 0 aliphatic rings. The molecule has 132 valence electrons. The highest BCUT2D eigenvalue weighted by Gasteiger charge is 2.03. The third kappa shape index (κ3) is 17.7. The minimum Gasteiger partial charge on any atom is -1.00 e. The fraction of sp³-hybridized carbons (Fsp3) is 0.833. The zero-order valence-corrected chi connectivity index (χ0v) is 16.3. The molecule has 1 N–H and O–H groups in total. The molecular weight excluding hydrogens is 342 g/mol. The van der Waals surface area contributed by atoms with Crippen LogP contribution in [0.2, 0.25) is 0 Å². The summed E-state index contributed by atoms with van der Waals surface area (Å²) < 4.78 is 4.98. The number of nitrogens with one attached hydrogen (secondary N) is 1. The van der Waals surface area contributed by atoms with Gasteiger partial charge in [-0.3, -0.25) is 0 Å². The highest BCUT2D eigenvalue weighted by molar-refractivity contribution is 5.81. The molecule has 0 spiro atoms. The minimum absolute atomic E-state index is 0. The smallest absolute Gasteiger partial charge is 0.330 e. The number of esters is 1. The van der Waals surface area contributed by atoms with Gasteiger partial charge < -0.3 is 26.6 Å². The number of carbonyl (C=O) groups is 1. The average molecular weight is 378 g/mol. The molecular formula is C18H36BrNO2. The maximum atomic E-state index is 10.9. The van der Waals surface area contributed by atoms with Crippen molar-refractivity contribution in [1.82, 2.24) is 0 Å². The molecule has 0 radical (unpaired) electrons. The number of likely N-dealkylation sites (N-methyl/N-ethyl adjacent to an activating group) is 1. The molecule has 0 aromatic rings. The molecule has 0 aromatic carbocycles. The van der Waals surface area contributed by atoms with Gasteiger partial charge in [-0.2, -0.15) is 0 Å². The van der Waals surface area contributed by atoms with Gasteiger partial charge in [0.1, 0.15) is 13.2 Å². The van der Waals surface area contributed by atoms with Crippen LogP contribution in [0.25, 0.3) is 0 Å². The van der Waals surface area contributed by atoms with Gasteiger partial charge in [0.05, 0.1) is 13.6 Å². The first-order valence-electron chi connectivity index (χ1n) is 8.81. The van der Waals surface area contributed by atoms with E-state index in [-0.39, 0.29) is 23.0 Å². The highest BCUT2D eigenvalue weighted by atomic mass is 79.9. The van der Waals surface area contributed by atoms with Crippen molar-refractivity contribution in [2.24, 2.45) is 0 Å². The van der Waals surface area contributed by atoms with Crippen LogP contribution >= 0.6 is 0 Å². The van der Waals surface area contributed by atoms with Crippen LogP contribution in [-0.4, -0.2) is 32.7 Å². The number of ether oxygens (including phenoxy) is 1. The molecule has 1 unspecified atom stereocenters. The van der Waals surface area contributed by atoms with Gasteiger partial charge in [-0.25, -0.2) is 4.79 Å². The fourth-order valence-corrected chi connectivity index (χ4v) is 2.42. The maximum Gasteiger partial charge on any atom is 0.330 e. The number of rotatable bonds is 15. The summed E-state index contributed by atoms with van der Waals surface area (Å²) in [6.07, 6.45) is 15.0. The van der Waals surface area contributed by atoms with E-state index in [1.165, 1.54) is 81.7 Å². The summed E-state index contributed by atoms with van der Waals surface area (Å²) in [5, 5.41) is 0. The standard InChI is InChI=1S/C18H35NO2.BrH/c1-4-6-7-8-9-10-11-12-13-14-15-19(3)16-17-21-18(20)5-2;/h5H,2,4,6-17H2,1,3H3;1H. The van der Waals surface area contributed by atoms with E-state index in [1.807, 2.05) is 0 Å². The monoisotopic (exact) mass is 377 g/mol. The van der Waals surface area contributed by atoms with Crippen molar-refractivity contribution in [3.8, 4) is 0 Å². The van der Waals surface area contributed by atoms with Crippen LogP contribution in [-0.2, 0) is 9.53 Å². The Morgan fingerprint density at radius 3 is 1.95 bits per heavy atom. The number of unbranched alkanes of at least 4 members (excludes halogenated alkanes) is 9. The summed E-state index contributed by atoms with van der Waals surface area (Å²) in [7, 11) is 2.16. The van der Waals surface area contributed by atoms with Crippen LogP contribution in [0.1, 0.15) is 71.1 Å². The van der Waals surface area contributed by atoms with Gasteiger partial charge in [0, 0.05) is 6.08 Å². The largest absolute Gasteiger partial charge is 1.00 e. The van der Waals surface area contributed by atoms with Crippen LogP contribution in [0.4, 0.5) is 0 Å². The van der Waals surface area contributed by atoms with Gasteiger partial charge in [0.2, 0.25) is 0 Å². The van der Waals surface area contributed by atoms with Crippen molar-refractivity contribution in [1.29, 1.82) is 0 Å². The first kappa shape index (κ1) is 23.9. The van der Waals surface area contributed by atoms with E-state index in [9.17, 15) is 4.79 Å². The van der Waals surface area contributed by atoms with E-state index in [0.717, 1.165) is 6.54 Å².